The minimum Gasteiger partial charge on any atom is -0.444 e. The second-order valence-corrected chi connectivity index (χ2v) is 8.06. The van der Waals surface area contributed by atoms with Gasteiger partial charge >= 0.3 is 6.09 Å². The first kappa shape index (κ1) is 21.7. The molecule has 0 spiro atoms. The van der Waals surface area contributed by atoms with Gasteiger partial charge in [0.1, 0.15) is 11.6 Å². The fourth-order valence-electron chi connectivity index (χ4n) is 3.11. The van der Waals surface area contributed by atoms with E-state index in [1.54, 1.807) is 20.8 Å². The van der Waals surface area contributed by atoms with Crippen molar-refractivity contribution >= 4 is 17.9 Å². The van der Waals surface area contributed by atoms with Gasteiger partial charge in [0.05, 0.1) is 0 Å². The highest BCUT2D eigenvalue weighted by Crippen LogP contribution is 2.20. The number of nitrogens with zero attached hydrogens (tertiary/aromatic N) is 1. The molecule has 1 aromatic rings. The average Bonchev–Trinajstić information content (AvgIpc) is 3.13. The second-order valence-electron chi connectivity index (χ2n) is 8.06. The van der Waals surface area contributed by atoms with Crippen molar-refractivity contribution in [3.63, 3.8) is 0 Å². The van der Waals surface area contributed by atoms with Crippen LogP contribution in [0.25, 0.3) is 0 Å². The Hall–Kier alpha value is -2.57. The first-order valence-electron chi connectivity index (χ1n) is 9.88. The van der Waals surface area contributed by atoms with Gasteiger partial charge in [-0.15, -0.1) is 0 Å². The molecule has 0 radical (unpaired) electrons. The lowest BCUT2D eigenvalue weighted by atomic mass is 10.1. The average molecular weight is 389 g/mol. The van der Waals surface area contributed by atoms with E-state index in [0.717, 1.165) is 25.7 Å². The summed E-state index contributed by atoms with van der Waals surface area (Å²) in [5, 5.41) is 0. The Balaban J connectivity index is 1.68. The molecule has 0 aliphatic carbocycles. The first-order valence-corrected chi connectivity index (χ1v) is 9.88. The number of ether oxygens (including phenoxy) is 1. The normalized spacial score (nSPS) is 16.5. The largest absolute Gasteiger partial charge is 0.444 e. The Morgan fingerprint density at radius 3 is 2.50 bits per heavy atom. The van der Waals surface area contributed by atoms with E-state index >= 15 is 0 Å². The van der Waals surface area contributed by atoms with Gasteiger partial charge in [-0.2, -0.15) is 0 Å². The molecule has 28 heavy (non-hydrogen) atoms. The summed E-state index contributed by atoms with van der Waals surface area (Å²) in [5.41, 5.74) is 5.52. The molecule has 2 N–H and O–H groups in total. The summed E-state index contributed by atoms with van der Waals surface area (Å²) in [5.74, 6) is -0.621. The van der Waals surface area contributed by atoms with Crippen LogP contribution in [0, 0.1) is 0 Å². The summed E-state index contributed by atoms with van der Waals surface area (Å²) in [6, 6.07) is 9.50. The fraction of sp³-hybridized carbons (Fsp3) is 0.571. The van der Waals surface area contributed by atoms with Crippen molar-refractivity contribution in [3.8, 4) is 0 Å². The molecule has 1 atom stereocenters. The molecule has 1 heterocycles. The van der Waals surface area contributed by atoms with Gasteiger partial charge in [0, 0.05) is 13.0 Å². The number of hydrazine groups is 1. The Morgan fingerprint density at radius 2 is 1.82 bits per heavy atom. The Labute approximate surface area is 166 Å². The lowest BCUT2D eigenvalue weighted by Crippen LogP contribution is -2.52. The van der Waals surface area contributed by atoms with Gasteiger partial charge in [0.15, 0.2) is 0 Å². The van der Waals surface area contributed by atoms with E-state index in [2.05, 4.69) is 23.0 Å². The van der Waals surface area contributed by atoms with Gasteiger partial charge in [-0.1, -0.05) is 30.3 Å². The lowest BCUT2D eigenvalue weighted by molar-refractivity contribution is -0.131. The van der Waals surface area contributed by atoms with Gasteiger partial charge < -0.3 is 4.74 Å². The maximum atomic E-state index is 12.4. The Morgan fingerprint density at radius 1 is 1.11 bits per heavy atom. The van der Waals surface area contributed by atoms with Gasteiger partial charge in [-0.05, 0) is 58.4 Å². The number of hydrogen-bond donors (Lipinski definition) is 2. The number of hydrogen-bond acceptors (Lipinski definition) is 4. The highest BCUT2D eigenvalue weighted by molar-refractivity contribution is 5.88. The first-order chi connectivity index (χ1) is 13.3. The van der Waals surface area contributed by atoms with Crippen molar-refractivity contribution in [2.45, 2.75) is 70.9 Å². The molecule has 1 saturated heterocycles. The standard InChI is InChI=1S/C21H31N3O4/c1-21(2,3)28-20(27)24-15-9-13-17(24)19(26)23-22-18(25)14-8-7-12-16-10-5-4-6-11-16/h4-6,10-11,17H,7-9,12-15H2,1-3H3,(H,22,25)(H,23,26). The predicted octanol–water partition coefficient (Wildman–Crippen LogP) is 2.95. The Bertz CT molecular complexity index is 670. The summed E-state index contributed by atoms with van der Waals surface area (Å²) in [6.45, 7) is 5.83. The lowest BCUT2D eigenvalue weighted by Gasteiger charge is -2.28. The van der Waals surface area contributed by atoms with Gasteiger partial charge in [0.25, 0.3) is 5.91 Å². The summed E-state index contributed by atoms with van der Waals surface area (Å²) in [7, 11) is 0. The second kappa shape index (κ2) is 10.1. The zero-order valence-electron chi connectivity index (χ0n) is 17.0. The molecule has 1 unspecified atom stereocenters. The molecule has 0 aromatic heterocycles. The van der Waals surface area contributed by atoms with Crippen molar-refractivity contribution in [1.82, 2.24) is 15.8 Å². The number of benzene rings is 1. The number of carbonyl (C=O) groups is 3. The molecule has 1 aliphatic rings. The van der Waals surface area contributed by atoms with Gasteiger partial charge in [-0.3, -0.25) is 25.3 Å². The molecule has 7 nitrogen and oxygen atoms in total. The van der Waals surface area contributed by atoms with Crippen LogP contribution in [-0.4, -0.2) is 41.0 Å². The van der Waals surface area contributed by atoms with Crippen LogP contribution < -0.4 is 10.9 Å². The van der Waals surface area contributed by atoms with Crippen molar-refractivity contribution in [2.75, 3.05) is 6.54 Å². The van der Waals surface area contributed by atoms with Gasteiger partial charge in [-0.25, -0.2) is 4.79 Å². The zero-order valence-corrected chi connectivity index (χ0v) is 17.0. The fourth-order valence-corrected chi connectivity index (χ4v) is 3.11. The van der Waals surface area contributed by atoms with Crippen LogP contribution in [0.4, 0.5) is 4.79 Å². The van der Waals surface area contributed by atoms with Crippen LogP contribution in [-0.2, 0) is 20.7 Å². The molecule has 0 bridgehead atoms. The third-order valence-electron chi connectivity index (χ3n) is 4.47. The predicted molar refractivity (Wildman–Crippen MR) is 106 cm³/mol. The highest BCUT2D eigenvalue weighted by atomic mass is 16.6. The number of aryl methyl sites for hydroxylation is 1. The molecule has 154 valence electrons. The molecule has 1 aromatic carbocycles. The molecule has 0 saturated carbocycles. The maximum Gasteiger partial charge on any atom is 0.410 e. The van der Waals surface area contributed by atoms with Crippen LogP contribution in [0.2, 0.25) is 0 Å². The van der Waals surface area contributed by atoms with E-state index in [1.807, 2.05) is 18.2 Å². The van der Waals surface area contributed by atoms with E-state index in [4.69, 9.17) is 4.74 Å². The topological polar surface area (TPSA) is 87.7 Å². The highest BCUT2D eigenvalue weighted by Gasteiger charge is 2.36. The van der Waals surface area contributed by atoms with Crippen molar-refractivity contribution in [1.29, 1.82) is 0 Å². The molecule has 1 aliphatic heterocycles. The van der Waals surface area contributed by atoms with Crippen molar-refractivity contribution in [3.05, 3.63) is 35.9 Å². The molecular formula is C21H31N3O4. The van der Waals surface area contributed by atoms with E-state index in [-0.39, 0.29) is 11.8 Å². The van der Waals surface area contributed by atoms with Crippen molar-refractivity contribution in [2.24, 2.45) is 0 Å². The monoisotopic (exact) mass is 389 g/mol. The number of likely N-dealkylation sites (tertiary alicyclic amines) is 1. The van der Waals surface area contributed by atoms with E-state index < -0.39 is 17.7 Å². The van der Waals surface area contributed by atoms with E-state index in [1.165, 1.54) is 10.5 Å². The summed E-state index contributed by atoms with van der Waals surface area (Å²) in [4.78, 5) is 38.0. The summed E-state index contributed by atoms with van der Waals surface area (Å²) in [6.07, 6.45) is 3.69. The zero-order chi connectivity index (χ0) is 20.6. The third-order valence-corrected chi connectivity index (χ3v) is 4.47. The molecule has 3 amide bonds. The quantitative estimate of drug-likeness (QED) is 0.578. The third kappa shape index (κ3) is 7.21. The number of rotatable bonds is 6. The molecular weight excluding hydrogens is 358 g/mol. The minimum absolute atomic E-state index is 0.233. The molecule has 2 rings (SSSR count). The molecule has 1 fully saturated rings. The van der Waals surface area contributed by atoms with E-state index in [0.29, 0.717) is 19.4 Å². The van der Waals surface area contributed by atoms with Crippen LogP contribution >= 0.6 is 0 Å². The maximum absolute atomic E-state index is 12.4. The smallest absolute Gasteiger partial charge is 0.410 e. The number of carbonyl (C=O) groups excluding carboxylic acids is 3. The minimum atomic E-state index is -0.617. The van der Waals surface area contributed by atoms with E-state index in [9.17, 15) is 14.4 Å². The SMILES string of the molecule is CC(C)(C)OC(=O)N1CCCC1C(=O)NNC(=O)CCCCc1ccccc1. The molecule has 7 heteroatoms. The number of nitrogens with one attached hydrogen (secondary N) is 2. The summed E-state index contributed by atoms with van der Waals surface area (Å²) >= 11 is 0. The van der Waals surface area contributed by atoms with Crippen LogP contribution in [0.5, 0.6) is 0 Å². The Kier molecular flexibility index (Phi) is 7.84. The van der Waals surface area contributed by atoms with Crippen molar-refractivity contribution < 1.29 is 19.1 Å². The summed E-state index contributed by atoms with van der Waals surface area (Å²) < 4.78 is 5.35. The van der Waals surface area contributed by atoms with Crippen LogP contribution in [0.3, 0.4) is 0 Å². The number of amides is 3. The van der Waals surface area contributed by atoms with Crippen LogP contribution in [0.1, 0.15) is 58.4 Å². The van der Waals surface area contributed by atoms with Crippen LogP contribution in [0.15, 0.2) is 30.3 Å². The number of unbranched alkanes of at least 4 members (excludes halogenated alkanes) is 1. The van der Waals surface area contributed by atoms with Gasteiger partial charge in [0.2, 0.25) is 5.91 Å².